The molecule has 2 aromatic rings. The molecule has 1 aromatic heterocycles. The van der Waals surface area contributed by atoms with Crippen LogP contribution in [0.25, 0.3) is 10.9 Å². The maximum atomic E-state index is 11.0. The second-order valence-corrected chi connectivity index (χ2v) is 3.60. The molecular formula is C12H10N2O5. The first-order chi connectivity index (χ1) is 9.13. The van der Waals surface area contributed by atoms with Gasteiger partial charge in [0.25, 0.3) is 5.69 Å². The van der Waals surface area contributed by atoms with Crippen LogP contribution in [0.1, 0.15) is 0 Å². The summed E-state index contributed by atoms with van der Waals surface area (Å²) in [7, 11) is 1.25. The highest BCUT2D eigenvalue weighted by atomic mass is 16.6. The van der Waals surface area contributed by atoms with Crippen molar-refractivity contribution in [1.29, 1.82) is 0 Å². The fraction of sp³-hybridized carbons (Fsp3) is 0.167. The molecule has 0 atom stereocenters. The van der Waals surface area contributed by atoms with Gasteiger partial charge >= 0.3 is 5.97 Å². The topological polar surface area (TPSA) is 91.6 Å². The average molecular weight is 262 g/mol. The van der Waals surface area contributed by atoms with E-state index in [0.717, 1.165) is 0 Å². The van der Waals surface area contributed by atoms with Crippen molar-refractivity contribution >= 4 is 22.6 Å². The maximum Gasteiger partial charge on any atom is 0.343 e. The monoisotopic (exact) mass is 262 g/mol. The van der Waals surface area contributed by atoms with Crippen molar-refractivity contribution in [3.05, 3.63) is 40.6 Å². The number of hydrogen-bond acceptors (Lipinski definition) is 6. The number of pyridine rings is 1. The van der Waals surface area contributed by atoms with E-state index in [2.05, 4.69) is 9.72 Å². The summed E-state index contributed by atoms with van der Waals surface area (Å²) in [5.74, 6) is -0.186. The van der Waals surface area contributed by atoms with Crippen LogP contribution in [-0.4, -0.2) is 29.6 Å². The van der Waals surface area contributed by atoms with Crippen molar-refractivity contribution in [3.8, 4) is 5.75 Å². The third-order valence-corrected chi connectivity index (χ3v) is 2.48. The smallest absolute Gasteiger partial charge is 0.343 e. The molecule has 2 rings (SSSR count). The number of benzene rings is 1. The molecule has 0 aliphatic carbocycles. The minimum absolute atomic E-state index is 0.110. The zero-order valence-corrected chi connectivity index (χ0v) is 10.0. The van der Waals surface area contributed by atoms with Crippen molar-refractivity contribution in [2.75, 3.05) is 13.7 Å². The molecule has 0 amide bonds. The number of fused-ring (bicyclic) bond motifs is 1. The Labute approximate surface area is 107 Å². The summed E-state index contributed by atoms with van der Waals surface area (Å²) in [6, 6.07) is 6.01. The van der Waals surface area contributed by atoms with Gasteiger partial charge in [0.15, 0.2) is 12.1 Å². The van der Waals surface area contributed by atoms with Gasteiger partial charge in [-0.2, -0.15) is 0 Å². The number of esters is 1. The summed E-state index contributed by atoms with van der Waals surface area (Å²) in [4.78, 5) is 25.4. The van der Waals surface area contributed by atoms with Crippen molar-refractivity contribution in [2.45, 2.75) is 0 Å². The molecule has 0 aliphatic heterocycles. The number of hydrogen-bond donors (Lipinski definition) is 0. The van der Waals surface area contributed by atoms with Crippen LogP contribution in [0.5, 0.6) is 5.75 Å². The van der Waals surface area contributed by atoms with Gasteiger partial charge in [0, 0.05) is 17.6 Å². The average Bonchev–Trinajstić information content (AvgIpc) is 2.43. The zero-order valence-electron chi connectivity index (χ0n) is 10.0. The zero-order chi connectivity index (χ0) is 13.8. The Bertz CT molecular complexity index is 641. The molecule has 0 N–H and O–H groups in total. The van der Waals surface area contributed by atoms with Crippen LogP contribution in [0.4, 0.5) is 5.69 Å². The van der Waals surface area contributed by atoms with Crippen LogP contribution in [-0.2, 0) is 9.53 Å². The van der Waals surface area contributed by atoms with E-state index >= 15 is 0 Å². The quantitative estimate of drug-likeness (QED) is 0.473. The molecular weight excluding hydrogens is 252 g/mol. The normalized spacial score (nSPS) is 10.2. The second-order valence-electron chi connectivity index (χ2n) is 3.60. The Morgan fingerprint density at radius 3 is 2.89 bits per heavy atom. The van der Waals surface area contributed by atoms with Crippen LogP contribution >= 0.6 is 0 Å². The number of carbonyl (C=O) groups is 1. The molecule has 1 heterocycles. The Morgan fingerprint density at radius 2 is 2.21 bits per heavy atom. The molecule has 19 heavy (non-hydrogen) atoms. The lowest BCUT2D eigenvalue weighted by atomic mass is 10.2. The number of nitro benzene ring substituents is 1. The van der Waals surface area contributed by atoms with E-state index in [0.29, 0.717) is 11.1 Å². The molecule has 0 spiro atoms. The Hall–Kier alpha value is -2.70. The summed E-state index contributed by atoms with van der Waals surface area (Å²) in [5.41, 5.74) is 0.107. The van der Waals surface area contributed by atoms with Crippen LogP contribution in [0.15, 0.2) is 30.5 Å². The third kappa shape index (κ3) is 2.59. The fourth-order valence-electron chi connectivity index (χ4n) is 1.60. The first kappa shape index (κ1) is 12.7. The number of ether oxygens (including phenoxy) is 2. The van der Waals surface area contributed by atoms with E-state index < -0.39 is 10.9 Å². The molecule has 0 unspecified atom stereocenters. The van der Waals surface area contributed by atoms with E-state index in [1.807, 2.05) is 0 Å². The SMILES string of the molecule is COC(=O)COc1ccc([N+](=O)[O-])c2ncccc12. The van der Waals surface area contributed by atoms with Crippen LogP contribution in [0.3, 0.4) is 0 Å². The highest BCUT2D eigenvalue weighted by Crippen LogP contribution is 2.31. The number of aromatic nitrogens is 1. The summed E-state index contributed by atoms with van der Waals surface area (Å²) >= 11 is 0. The predicted octanol–water partition coefficient (Wildman–Crippen LogP) is 1.69. The summed E-state index contributed by atoms with van der Waals surface area (Å²) < 4.78 is 9.73. The molecule has 98 valence electrons. The predicted molar refractivity (Wildman–Crippen MR) is 65.9 cm³/mol. The number of nitro groups is 1. The van der Waals surface area contributed by atoms with Crippen molar-refractivity contribution in [1.82, 2.24) is 4.98 Å². The molecule has 1 aromatic carbocycles. The van der Waals surface area contributed by atoms with Gasteiger partial charge in [-0.15, -0.1) is 0 Å². The Balaban J connectivity index is 2.44. The number of non-ortho nitro benzene ring substituents is 1. The largest absolute Gasteiger partial charge is 0.481 e. The van der Waals surface area contributed by atoms with Gasteiger partial charge in [-0.05, 0) is 18.2 Å². The highest BCUT2D eigenvalue weighted by Gasteiger charge is 2.16. The number of rotatable bonds is 4. The lowest BCUT2D eigenvalue weighted by Crippen LogP contribution is -2.12. The van der Waals surface area contributed by atoms with Gasteiger partial charge < -0.3 is 9.47 Å². The molecule has 7 heteroatoms. The standard InChI is InChI=1S/C12H10N2O5/c1-18-11(15)7-19-10-5-4-9(14(16)17)12-8(10)3-2-6-13-12/h2-6H,7H2,1H3. The number of carbonyl (C=O) groups excluding carboxylic acids is 1. The minimum atomic E-state index is -0.532. The molecule has 0 bridgehead atoms. The summed E-state index contributed by atoms with van der Waals surface area (Å²) in [6.45, 7) is -0.266. The number of methoxy groups -OCH3 is 1. The van der Waals surface area contributed by atoms with Crippen molar-refractivity contribution < 1.29 is 19.2 Å². The van der Waals surface area contributed by atoms with Gasteiger partial charge in [0.1, 0.15) is 5.75 Å². The lowest BCUT2D eigenvalue weighted by molar-refractivity contribution is -0.383. The molecule has 0 saturated heterocycles. The van der Waals surface area contributed by atoms with Gasteiger partial charge in [0.2, 0.25) is 0 Å². The molecule has 0 radical (unpaired) electrons. The first-order valence-corrected chi connectivity index (χ1v) is 5.35. The minimum Gasteiger partial charge on any atom is -0.481 e. The second kappa shape index (κ2) is 5.30. The summed E-state index contributed by atoms with van der Waals surface area (Å²) in [6.07, 6.45) is 1.46. The van der Waals surface area contributed by atoms with E-state index in [1.165, 1.54) is 25.4 Å². The van der Waals surface area contributed by atoms with E-state index in [4.69, 9.17) is 4.74 Å². The van der Waals surface area contributed by atoms with Gasteiger partial charge in [-0.25, -0.2) is 9.78 Å². The fourth-order valence-corrected chi connectivity index (χ4v) is 1.60. The number of nitrogens with zero attached hydrogens (tertiary/aromatic N) is 2. The van der Waals surface area contributed by atoms with Crippen LogP contribution < -0.4 is 4.74 Å². The lowest BCUT2D eigenvalue weighted by Gasteiger charge is -2.07. The highest BCUT2D eigenvalue weighted by molar-refractivity contribution is 5.92. The maximum absolute atomic E-state index is 11.0. The van der Waals surface area contributed by atoms with Crippen molar-refractivity contribution in [3.63, 3.8) is 0 Å². The molecule has 0 saturated carbocycles. The third-order valence-electron chi connectivity index (χ3n) is 2.48. The van der Waals surface area contributed by atoms with Gasteiger partial charge in [-0.3, -0.25) is 10.1 Å². The van der Waals surface area contributed by atoms with E-state index in [1.54, 1.807) is 12.1 Å². The van der Waals surface area contributed by atoms with E-state index in [9.17, 15) is 14.9 Å². The van der Waals surface area contributed by atoms with E-state index in [-0.39, 0.29) is 17.8 Å². The van der Waals surface area contributed by atoms with Crippen LogP contribution in [0.2, 0.25) is 0 Å². The van der Waals surface area contributed by atoms with Gasteiger partial charge in [-0.1, -0.05) is 0 Å². The summed E-state index contributed by atoms with van der Waals surface area (Å²) in [5, 5.41) is 11.4. The van der Waals surface area contributed by atoms with Crippen molar-refractivity contribution in [2.24, 2.45) is 0 Å². The molecule has 0 aliphatic rings. The molecule has 0 fully saturated rings. The van der Waals surface area contributed by atoms with Gasteiger partial charge in [0.05, 0.1) is 12.0 Å². The van der Waals surface area contributed by atoms with Crippen LogP contribution in [0, 0.1) is 10.1 Å². The Morgan fingerprint density at radius 1 is 1.42 bits per heavy atom. The first-order valence-electron chi connectivity index (χ1n) is 5.35. The Kier molecular flexibility index (Phi) is 3.56. The molecule has 7 nitrogen and oxygen atoms in total.